The van der Waals surface area contributed by atoms with E-state index in [-0.39, 0.29) is 11.6 Å². The number of ether oxygens (including phenoxy) is 1. The van der Waals surface area contributed by atoms with Gasteiger partial charge >= 0.3 is 5.97 Å². The Morgan fingerprint density at radius 3 is 3.14 bits per heavy atom. The highest BCUT2D eigenvalue weighted by molar-refractivity contribution is 5.87. The predicted molar refractivity (Wildman–Crippen MR) is 75.5 cm³/mol. The summed E-state index contributed by atoms with van der Waals surface area (Å²) in [6.45, 7) is 1.13. The van der Waals surface area contributed by atoms with E-state index in [2.05, 4.69) is 14.5 Å². The molecule has 5 heteroatoms. The van der Waals surface area contributed by atoms with Crippen molar-refractivity contribution in [3.63, 3.8) is 0 Å². The van der Waals surface area contributed by atoms with Gasteiger partial charge in [-0.2, -0.15) is 0 Å². The fourth-order valence-corrected chi connectivity index (χ4v) is 5.13. The first-order valence-electron chi connectivity index (χ1n) is 7.95. The maximum atomic E-state index is 11.9. The molecule has 4 atom stereocenters. The van der Waals surface area contributed by atoms with E-state index in [9.17, 15) is 4.79 Å². The third-order valence-electron chi connectivity index (χ3n) is 5.92. The molecular weight excluding hydrogens is 266 g/mol. The number of carbonyl (C=O) groups excluding carboxylic acids is 1. The summed E-state index contributed by atoms with van der Waals surface area (Å²) in [6.07, 6.45) is 13.1. The molecule has 3 fully saturated rings. The first-order chi connectivity index (χ1) is 10.3. The normalized spacial score (nSPS) is 41.4. The molecule has 0 amide bonds. The van der Waals surface area contributed by atoms with Crippen molar-refractivity contribution < 1.29 is 9.53 Å². The highest BCUT2D eigenvalue weighted by atomic mass is 16.6. The molecule has 2 bridgehead atoms. The molecule has 21 heavy (non-hydrogen) atoms. The topological polar surface area (TPSA) is 47.4 Å². The number of fused-ring (bicyclic) bond motifs is 3. The highest BCUT2D eigenvalue weighted by Gasteiger charge is 2.63. The van der Waals surface area contributed by atoms with Crippen molar-refractivity contribution in [2.45, 2.75) is 55.8 Å². The van der Waals surface area contributed by atoms with Gasteiger partial charge in [0.25, 0.3) is 0 Å². The number of aromatic nitrogens is 2. The van der Waals surface area contributed by atoms with Crippen LogP contribution in [0.25, 0.3) is 0 Å². The van der Waals surface area contributed by atoms with E-state index in [1.54, 1.807) is 6.08 Å². The predicted octanol–water partition coefficient (Wildman–Crippen LogP) is 1.68. The molecule has 0 aromatic carbocycles. The van der Waals surface area contributed by atoms with E-state index < -0.39 is 0 Å². The first-order valence-corrected chi connectivity index (χ1v) is 7.95. The van der Waals surface area contributed by atoms with E-state index in [1.165, 1.54) is 18.4 Å². The van der Waals surface area contributed by atoms with Crippen LogP contribution in [-0.4, -0.2) is 44.6 Å². The van der Waals surface area contributed by atoms with Crippen LogP contribution in [0.15, 0.2) is 30.4 Å². The van der Waals surface area contributed by atoms with Crippen LogP contribution in [0.1, 0.15) is 38.1 Å². The zero-order valence-corrected chi connectivity index (χ0v) is 11.9. The molecule has 0 radical (unpaired) electrons. The quantitative estimate of drug-likeness (QED) is 0.737. The lowest BCUT2D eigenvalue weighted by Gasteiger charge is -2.37. The van der Waals surface area contributed by atoms with Gasteiger partial charge in [0.15, 0.2) is 5.60 Å². The van der Waals surface area contributed by atoms with Gasteiger partial charge in [0, 0.05) is 30.9 Å². The molecule has 1 spiro atoms. The molecule has 1 saturated carbocycles. The third-order valence-corrected chi connectivity index (χ3v) is 5.92. The Balaban J connectivity index is 1.62. The third kappa shape index (κ3) is 1.45. The molecule has 4 heterocycles. The molecule has 0 N–H and O–H groups in total. The SMILES string of the molecule is O=C1C=C2CC(n3ccnc3)C3CC2(O1)C1CCCCN31. The lowest BCUT2D eigenvalue weighted by Crippen LogP contribution is -2.48. The summed E-state index contributed by atoms with van der Waals surface area (Å²) in [4.78, 5) is 18.8. The summed E-state index contributed by atoms with van der Waals surface area (Å²) in [7, 11) is 0. The Kier molecular flexibility index (Phi) is 2.27. The van der Waals surface area contributed by atoms with Crippen LogP contribution in [0.4, 0.5) is 0 Å². The zero-order chi connectivity index (χ0) is 14.0. The van der Waals surface area contributed by atoms with Crippen molar-refractivity contribution in [1.29, 1.82) is 0 Å². The van der Waals surface area contributed by atoms with Gasteiger partial charge in [-0.05, 0) is 31.4 Å². The molecule has 110 valence electrons. The Labute approximate surface area is 123 Å². The minimum atomic E-state index is -0.306. The number of esters is 1. The van der Waals surface area contributed by atoms with Crippen LogP contribution in [0.3, 0.4) is 0 Å². The van der Waals surface area contributed by atoms with Gasteiger partial charge < -0.3 is 9.30 Å². The number of rotatable bonds is 1. The fourth-order valence-electron chi connectivity index (χ4n) is 5.13. The summed E-state index contributed by atoms with van der Waals surface area (Å²) in [5.41, 5.74) is 0.913. The van der Waals surface area contributed by atoms with Crippen LogP contribution in [0, 0.1) is 0 Å². The number of piperidine rings is 1. The van der Waals surface area contributed by atoms with Gasteiger partial charge in [0.05, 0.1) is 18.4 Å². The van der Waals surface area contributed by atoms with Crippen molar-refractivity contribution in [3.05, 3.63) is 30.4 Å². The molecule has 5 nitrogen and oxygen atoms in total. The van der Waals surface area contributed by atoms with E-state index >= 15 is 0 Å². The summed E-state index contributed by atoms with van der Waals surface area (Å²) < 4.78 is 8.10. The van der Waals surface area contributed by atoms with Crippen molar-refractivity contribution >= 4 is 5.97 Å². The van der Waals surface area contributed by atoms with E-state index in [0.717, 1.165) is 25.8 Å². The van der Waals surface area contributed by atoms with Crippen molar-refractivity contribution in [3.8, 4) is 0 Å². The van der Waals surface area contributed by atoms with Gasteiger partial charge in [0.1, 0.15) is 0 Å². The van der Waals surface area contributed by atoms with E-state index in [1.807, 2.05) is 18.7 Å². The summed E-state index contributed by atoms with van der Waals surface area (Å²) in [5, 5.41) is 0. The second-order valence-corrected chi connectivity index (χ2v) is 6.78. The van der Waals surface area contributed by atoms with Gasteiger partial charge in [-0.15, -0.1) is 0 Å². The lowest BCUT2D eigenvalue weighted by atomic mass is 9.75. The molecule has 3 aliphatic heterocycles. The smallest absolute Gasteiger partial charge is 0.331 e. The number of nitrogens with zero attached hydrogens (tertiary/aromatic N) is 3. The standard InChI is InChI=1S/C16H19N3O2/c20-15-8-11-7-12(18-6-4-17-10-18)13-9-16(11,21-15)14-3-1-2-5-19(13)14/h4,6,8,10,12-14H,1-3,5,7,9H2. The highest BCUT2D eigenvalue weighted by Crippen LogP contribution is 2.56. The van der Waals surface area contributed by atoms with Crippen molar-refractivity contribution in [1.82, 2.24) is 14.5 Å². The van der Waals surface area contributed by atoms with Gasteiger partial charge in [-0.1, -0.05) is 6.42 Å². The van der Waals surface area contributed by atoms with E-state index in [4.69, 9.17) is 4.74 Å². The van der Waals surface area contributed by atoms with Crippen LogP contribution in [-0.2, 0) is 9.53 Å². The first kappa shape index (κ1) is 12.0. The maximum absolute atomic E-state index is 11.9. The average molecular weight is 285 g/mol. The van der Waals surface area contributed by atoms with Crippen LogP contribution >= 0.6 is 0 Å². The molecule has 1 aliphatic carbocycles. The average Bonchev–Trinajstić information content (AvgIpc) is 3.18. The molecule has 2 saturated heterocycles. The molecule has 1 aromatic heterocycles. The minimum absolute atomic E-state index is 0.137. The number of carbonyl (C=O) groups is 1. The van der Waals surface area contributed by atoms with E-state index in [0.29, 0.717) is 18.1 Å². The van der Waals surface area contributed by atoms with Crippen LogP contribution in [0.5, 0.6) is 0 Å². The molecule has 5 rings (SSSR count). The Morgan fingerprint density at radius 2 is 2.29 bits per heavy atom. The van der Waals surface area contributed by atoms with Gasteiger partial charge in [-0.3, -0.25) is 4.90 Å². The van der Waals surface area contributed by atoms with Gasteiger partial charge in [-0.25, -0.2) is 9.78 Å². The summed E-state index contributed by atoms with van der Waals surface area (Å²) in [6, 6.07) is 1.24. The van der Waals surface area contributed by atoms with Crippen LogP contribution < -0.4 is 0 Å². The number of imidazole rings is 1. The number of hydrogen-bond donors (Lipinski definition) is 0. The fraction of sp³-hybridized carbons (Fsp3) is 0.625. The van der Waals surface area contributed by atoms with Crippen molar-refractivity contribution in [2.24, 2.45) is 0 Å². The Morgan fingerprint density at radius 1 is 1.33 bits per heavy atom. The second-order valence-electron chi connectivity index (χ2n) is 6.78. The van der Waals surface area contributed by atoms with Crippen molar-refractivity contribution in [2.75, 3.05) is 6.54 Å². The van der Waals surface area contributed by atoms with Gasteiger partial charge in [0.2, 0.25) is 0 Å². The molecule has 4 aliphatic rings. The summed E-state index contributed by atoms with van der Waals surface area (Å²) >= 11 is 0. The zero-order valence-electron chi connectivity index (χ0n) is 11.9. The molecule has 1 aromatic rings. The maximum Gasteiger partial charge on any atom is 0.331 e. The lowest BCUT2D eigenvalue weighted by molar-refractivity contribution is -0.148. The minimum Gasteiger partial charge on any atom is -0.450 e. The second kappa shape index (κ2) is 3.97. The summed E-state index contributed by atoms with van der Waals surface area (Å²) in [5.74, 6) is -0.137. The number of hydrogen-bond acceptors (Lipinski definition) is 4. The Bertz CT molecular complexity index is 623. The molecular formula is C16H19N3O2. The Hall–Kier alpha value is -1.62. The monoisotopic (exact) mass is 285 g/mol. The molecule has 4 unspecified atom stereocenters. The largest absolute Gasteiger partial charge is 0.450 e. The van der Waals surface area contributed by atoms with Crippen LogP contribution in [0.2, 0.25) is 0 Å².